The van der Waals surface area contributed by atoms with Gasteiger partial charge in [0.15, 0.2) is 6.29 Å². The van der Waals surface area contributed by atoms with Crippen LogP contribution in [0, 0.1) is 5.82 Å². The van der Waals surface area contributed by atoms with E-state index in [1.54, 1.807) is 6.07 Å². The number of aliphatic hydroxyl groups excluding tert-OH is 1. The van der Waals surface area contributed by atoms with Crippen molar-refractivity contribution in [2.24, 2.45) is 0 Å². The molecule has 0 saturated carbocycles. The van der Waals surface area contributed by atoms with Crippen molar-refractivity contribution in [3.8, 4) is 11.1 Å². The standard InChI is InChI=1S/C14H11ClFNO3/c15-12-5-9(6-18)13(14(17-20)11(12)7-19)8-2-1-3-10(16)4-8/h1-5,7,17-18,20H,6H2. The van der Waals surface area contributed by atoms with Crippen LogP contribution in [0.2, 0.25) is 5.02 Å². The molecule has 0 aliphatic rings. The molecular weight excluding hydrogens is 285 g/mol. The number of aliphatic hydroxyl groups is 1. The highest BCUT2D eigenvalue weighted by atomic mass is 35.5. The van der Waals surface area contributed by atoms with Crippen LogP contribution in [0.1, 0.15) is 15.9 Å². The first-order chi connectivity index (χ1) is 9.62. The first-order valence-electron chi connectivity index (χ1n) is 5.69. The van der Waals surface area contributed by atoms with Crippen molar-refractivity contribution < 1.29 is 19.5 Å². The van der Waals surface area contributed by atoms with Crippen LogP contribution < -0.4 is 5.48 Å². The zero-order valence-electron chi connectivity index (χ0n) is 10.2. The second-order valence-corrected chi connectivity index (χ2v) is 4.49. The summed E-state index contributed by atoms with van der Waals surface area (Å²) in [5.74, 6) is -0.474. The normalized spacial score (nSPS) is 10.4. The minimum absolute atomic E-state index is 0.0298. The van der Waals surface area contributed by atoms with Crippen molar-refractivity contribution >= 4 is 23.6 Å². The van der Waals surface area contributed by atoms with Crippen LogP contribution in [0.5, 0.6) is 0 Å². The van der Waals surface area contributed by atoms with Gasteiger partial charge in [0, 0.05) is 5.56 Å². The van der Waals surface area contributed by atoms with E-state index in [2.05, 4.69) is 0 Å². The van der Waals surface area contributed by atoms with Crippen molar-refractivity contribution in [3.05, 3.63) is 52.3 Å². The maximum atomic E-state index is 13.3. The number of nitrogens with one attached hydrogen (secondary N) is 1. The molecule has 0 heterocycles. The van der Waals surface area contributed by atoms with Crippen molar-refractivity contribution in [2.75, 3.05) is 5.48 Å². The predicted molar refractivity (Wildman–Crippen MR) is 73.6 cm³/mol. The molecule has 0 atom stereocenters. The first-order valence-corrected chi connectivity index (χ1v) is 6.07. The van der Waals surface area contributed by atoms with E-state index in [1.165, 1.54) is 24.3 Å². The highest BCUT2D eigenvalue weighted by Crippen LogP contribution is 2.37. The summed E-state index contributed by atoms with van der Waals surface area (Å²) >= 11 is 5.92. The molecule has 4 nitrogen and oxygen atoms in total. The molecule has 0 bridgehead atoms. The Bertz CT molecular complexity index is 661. The number of halogens is 2. The van der Waals surface area contributed by atoms with Crippen LogP contribution in [0.4, 0.5) is 10.1 Å². The number of aldehydes is 1. The third-order valence-corrected chi connectivity index (χ3v) is 3.22. The summed E-state index contributed by atoms with van der Waals surface area (Å²) in [7, 11) is 0. The van der Waals surface area contributed by atoms with Crippen LogP contribution in [0.3, 0.4) is 0 Å². The van der Waals surface area contributed by atoms with E-state index >= 15 is 0 Å². The summed E-state index contributed by atoms with van der Waals surface area (Å²) in [6, 6.07) is 7.00. The first kappa shape index (κ1) is 14.5. The fourth-order valence-corrected chi connectivity index (χ4v) is 2.32. The van der Waals surface area contributed by atoms with E-state index in [-0.39, 0.29) is 22.9 Å². The summed E-state index contributed by atoms with van der Waals surface area (Å²) in [6.07, 6.45) is 0.477. The lowest BCUT2D eigenvalue weighted by Gasteiger charge is -2.16. The summed E-state index contributed by atoms with van der Waals surface area (Å²) in [5.41, 5.74) is 3.05. The van der Waals surface area contributed by atoms with Gasteiger partial charge in [0.25, 0.3) is 0 Å². The lowest BCUT2D eigenvalue weighted by atomic mass is 9.95. The quantitative estimate of drug-likeness (QED) is 0.598. The Morgan fingerprint density at radius 3 is 2.65 bits per heavy atom. The van der Waals surface area contributed by atoms with Gasteiger partial charge < -0.3 is 5.11 Å². The third-order valence-electron chi connectivity index (χ3n) is 2.91. The van der Waals surface area contributed by atoms with Crippen LogP contribution in [-0.4, -0.2) is 16.6 Å². The van der Waals surface area contributed by atoms with Gasteiger partial charge in [0.2, 0.25) is 0 Å². The maximum absolute atomic E-state index is 13.3. The molecule has 2 rings (SSSR count). The number of rotatable bonds is 4. The Morgan fingerprint density at radius 1 is 1.35 bits per heavy atom. The lowest BCUT2D eigenvalue weighted by Crippen LogP contribution is -2.03. The molecule has 0 aliphatic heterocycles. The van der Waals surface area contributed by atoms with Gasteiger partial charge in [-0.05, 0) is 29.3 Å². The molecule has 0 unspecified atom stereocenters. The number of carbonyl (C=O) groups is 1. The van der Waals surface area contributed by atoms with Crippen molar-refractivity contribution in [1.29, 1.82) is 0 Å². The summed E-state index contributed by atoms with van der Waals surface area (Å²) < 4.78 is 13.3. The smallest absolute Gasteiger partial charge is 0.153 e. The van der Waals surface area contributed by atoms with Gasteiger partial charge in [0.1, 0.15) is 5.82 Å². The second kappa shape index (κ2) is 6.00. The van der Waals surface area contributed by atoms with E-state index in [4.69, 9.17) is 11.6 Å². The molecule has 104 valence electrons. The molecule has 0 fully saturated rings. The van der Waals surface area contributed by atoms with E-state index < -0.39 is 5.82 Å². The molecular formula is C14H11ClFNO3. The minimum atomic E-state index is -0.474. The van der Waals surface area contributed by atoms with Crippen LogP contribution in [0.15, 0.2) is 30.3 Å². The van der Waals surface area contributed by atoms with Gasteiger partial charge in [-0.2, -0.15) is 0 Å². The van der Waals surface area contributed by atoms with E-state index in [1.807, 2.05) is 5.48 Å². The fourth-order valence-electron chi connectivity index (χ4n) is 2.05. The number of anilines is 1. The zero-order valence-corrected chi connectivity index (χ0v) is 11.0. The fraction of sp³-hybridized carbons (Fsp3) is 0.0714. The second-order valence-electron chi connectivity index (χ2n) is 4.08. The minimum Gasteiger partial charge on any atom is -0.392 e. The Morgan fingerprint density at radius 2 is 2.10 bits per heavy atom. The molecule has 6 heteroatoms. The number of hydrogen-bond acceptors (Lipinski definition) is 4. The molecule has 20 heavy (non-hydrogen) atoms. The average Bonchev–Trinajstić information content (AvgIpc) is 2.45. The largest absolute Gasteiger partial charge is 0.392 e. The summed E-state index contributed by atoms with van der Waals surface area (Å²) in [4.78, 5) is 11.1. The molecule has 0 amide bonds. The molecule has 0 spiro atoms. The zero-order chi connectivity index (χ0) is 14.7. The van der Waals surface area contributed by atoms with Crippen molar-refractivity contribution in [3.63, 3.8) is 0 Å². The highest BCUT2D eigenvalue weighted by Gasteiger charge is 2.18. The molecule has 0 saturated heterocycles. The van der Waals surface area contributed by atoms with Gasteiger partial charge in [-0.1, -0.05) is 23.7 Å². The molecule has 0 radical (unpaired) electrons. The van der Waals surface area contributed by atoms with E-state index in [0.29, 0.717) is 23.0 Å². The van der Waals surface area contributed by atoms with Crippen molar-refractivity contribution in [1.82, 2.24) is 0 Å². The van der Waals surface area contributed by atoms with Gasteiger partial charge in [-0.25, -0.2) is 4.39 Å². The molecule has 0 aromatic heterocycles. The number of hydrogen-bond donors (Lipinski definition) is 3. The Balaban J connectivity index is 2.82. The van der Waals surface area contributed by atoms with Gasteiger partial charge >= 0.3 is 0 Å². The van der Waals surface area contributed by atoms with Crippen molar-refractivity contribution in [2.45, 2.75) is 6.61 Å². The molecule has 0 aliphatic carbocycles. The Hall–Kier alpha value is -1.95. The van der Waals surface area contributed by atoms with Gasteiger partial charge in [0.05, 0.1) is 22.9 Å². The average molecular weight is 296 g/mol. The Kier molecular flexibility index (Phi) is 4.34. The van der Waals surface area contributed by atoms with Crippen LogP contribution in [-0.2, 0) is 6.61 Å². The molecule has 2 aromatic rings. The number of benzene rings is 2. The predicted octanol–water partition coefficient (Wildman–Crippen LogP) is 3.25. The van der Waals surface area contributed by atoms with E-state index in [9.17, 15) is 19.5 Å². The monoisotopic (exact) mass is 295 g/mol. The molecule has 3 N–H and O–H groups in total. The SMILES string of the molecule is O=Cc1c(Cl)cc(CO)c(-c2cccc(F)c2)c1NO. The Labute approximate surface area is 119 Å². The molecule has 2 aromatic carbocycles. The highest BCUT2D eigenvalue weighted by molar-refractivity contribution is 6.34. The topological polar surface area (TPSA) is 69.6 Å². The van der Waals surface area contributed by atoms with Crippen LogP contribution >= 0.6 is 11.6 Å². The van der Waals surface area contributed by atoms with Gasteiger partial charge in [-0.15, -0.1) is 0 Å². The summed E-state index contributed by atoms with van der Waals surface area (Å²) in [5, 5.41) is 18.8. The maximum Gasteiger partial charge on any atom is 0.153 e. The van der Waals surface area contributed by atoms with E-state index in [0.717, 1.165) is 0 Å². The lowest BCUT2D eigenvalue weighted by molar-refractivity contribution is 0.112. The van der Waals surface area contributed by atoms with Crippen LogP contribution in [0.25, 0.3) is 11.1 Å². The number of carbonyl (C=O) groups excluding carboxylic acids is 1. The third kappa shape index (κ3) is 2.51. The summed E-state index contributed by atoms with van der Waals surface area (Å²) in [6.45, 7) is -0.376. The van der Waals surface area contributed by atoms with Gasteiger partial charge in [-0.3, -0.25) is 15.5 Å².